The van der Waals surface area contributed by atoms with Crippen molar-refractivity contribution in [3.8, 4) is 17.3 Å². The number of hydrogen-bond donors (Lipinski definition) is 1. The highest BCUT2D eigenvalue weighted by Gasteiger charge is 2.09. The normalized spacial score (nSPS) is 10.8. The maximum Gasteiger partial charge on any atom is 0.212 e. The summed E-state index contributed by atoms with van der Waals surface area (Å²) in [6, 6.07) is 13.7. The zero-order valence-electron chi connectivity index (χ0n) is 14.3. The first-order chi connectivity index (χ1) is 12.7. The first-order valence-corrected chi connectivity index (χ1v) is 8.18. The minimum Gasteiger partial charge on any atom is -0.481 e. The van der Waals surface area contributed by atoms with Gasteiger partial charge < -0.3 is 10.5 Å². The molecule has 0 bridgehead atoms. The second-order valence-corrected chi connectivity index (χ2v) is 5.91. The fourth-order valence-corrected chi connectivity index (χ4v) is 2.81. The van der Waals surface area contributed by atoms with Gasteiger partial charge in [0.2, 0.25) is 5.88 Å². The smallest absolute Gasteiger partial charge is 0.212 e. The van der Waals surface area contributed by atoms with Crippen molar-refractivity contribution in [2.45, 2.75) is 6.42 Å². The number of aromatic nitrogens is 4. The summed E-state index contributed by atoms with van der Waals surface area (Å²) in [7, 11) is 1.61. The largest absolute Gasteiger partial charge is 0.481 e. The van der Waals surface area contributed by atoms with Gasteiger partial charge in [0.05, 0.1) is 12.6 Å². The summed E-state index contributed by atoms with van der Waals surface area (Å²) in [5.41, 5.74) is 10.1. The fourth-order valence-electron chi connectivity index (χ4n) is 2.81. The summed E-state index contributed by atoms with van der Waals surface area (Å²) < 4.78 is 5.09. The number of rotatable bonds is 4. The van der Waals surface area contributed by atoms with E-state index in [2.05, 4.69) is 19.9 Å². The molecule has 128 valence electrons. The molecule has 0 unspecified atom stereocenters. The highest BCUT2D eigenvalue weighted by atomic mass is 16.5. The van der Waals surface area contributed by atoms with E-state index < -0.39 is 0 Å². The van der Waals surface area contributed by atoms with Crippen molar-refractivity contribution in [3.05, 3.63) is 72.2 Å². The lowest BCUT2D eigenvalue weighted by Crippen LogP contribution is -1.99. The van der Waals surface area contributed by atoms with Crippen LogP contribution in [0, 0.1) is 0 Å². The van der Waals surface area contributed by atoms with Crippen LogP contribution in [0.1, 0.15) is 11.1 Å². The van der Waals surface area contributed by atoms with Crippen molar-refractivity contribution in [3.63, 3.8) is 0 Å². The van der Waals surface area contributed by atoms with Crippen molar-refractivity contribution < 1.29 is 4.74 Å². The predicted molar refractivity (Wildman–Crippen MR) is 101 cm³/mol. The number of anilines is 1. The van der Waals surface area contributed by atoms with E-state index in [4.69, 9.17) is 10.5 Å². The number of nitrogens with two attached hydrogens (primary N) is 1. The molecule has 2 N–H and O–H groups in total. The third-order valence-corrected chi connectivity index (χ3v) is 4.12. The first kappa shape index (κ1) is 16.0. The Kier molecular flexibility index (Phi) is 4.15. The SMILES string of the molecule is COc1ccc(Cc2ccc3nc(-c4cccnc4)nc(N)c3c2)cn1. The summed E-state index contributed by atoms with van der Waals surface area (Å²) in [5.74, 6) is 1.65. The number of pyridine rings is 2. The summed E-state index contributed by atoms with van der Waals surface area (Å²) in [6.45, 7) is 0. The molecule has 0 spiro atoms. The van der Waals surface area contributed by atoms with Gasteiger partial charge in [-0.2, -0.15) is 0 Å². The van der Waals surface area contributed by atoms with Crippen molar-refractivity contribution >= 4 is 16.7 Å². The zero-order valence-corrected chi connectivity index (χ0v) is 14.3. The van der Waals surface area contributed by atoms with Gasteiger partial charge in [0, 0.05) is 35.6 Å². The average molecular weight is 343 g/mol. The van der Waals surface area contributed by atoms with Gasteiger partial charge in [-0.05, 0) is 41.8 Å². The molecule has 3 heterocycles. The second-order valence-electron chi connectivity index (χ2n) is 5.91. The van der Waals surface area contributed by atoms with Gasteiger partial charge in [0.25, 0.3) is 0 Å². The number of nitrogen functional groups attached to an aromatic ring is 1. The molecule has 0 fully saturated rings. The maximum atomic E-state index is 6.19. The molecule has 1 aromatic carbocycles. The molecular weight excluding hydrogens is 326 g/mol. The van der Waals surface area contributed by atoms with Crippen LogP contribution in [-0.4, -0.2) is 27.0 Å². The van der Waals surface area contributed by atoms with Gasteiger partial charge in [-0.25, -0.2) is 15.0 Å². The number of ether oxygens (including phenoxy) is 1. The molecule has 3 aromatic heterocycles. The lowest BCUT2D eigenvalue weighted by Gasteiger charge is -2.08. The number of hydrogen-bond acceptors (Lipinski definition) is 6. The van der Waals surface area contributed by atoms with Crippen molar-refractivity contribution in [1.82, 2.24) is 19.9 Å². The van der Waals surface area contributed by atoms with Gasteiger partial charge in [-0.1, -0.05) is 12.1 Å². The molecule has 0 aliphatic heterocycles. The highest BCUT2D eigenvalue weighted by Crippen LogP contribution is 2.24. The minimum atomic E-state index is 0.462. The molecule has 0 aliphatic carbocycles. The monoisotopic (exact) mass is 343 g/mol. The quantitative estimate of drug-likeness (QED) is 0.612. The molecular formula is C20H17N5O. The van der Waals surface area contributed by atoms with Crippen LogP contribution in [-0.2, 0) is 6.42 Å². The van der Waals surface area contributed by atoms with E-state index in [0.717, 1.165) is 34.0 Å². The Morgan fingerprint density at radius 2 is 1.88 bits per heavy atom. The third kappa shape index (κ3) is 3.17. The van der Waals surface area contributed by atoms with E-state index in [1.807, 2.05) is 48.7 Å². The average Bonchev–Trinajstić information content (AvgIpc) is 2.69. The molecule has 0 saturated heterocycles. The third-order valence-electron chi connectivity index (χ3n) is 4.12. The Hall–Kier alpha value is -3.54. The maximum absolute atomic E-state index is 6.19. The molecule has 0 saturated carbocycles. The Bertz CT molecular complexity index is 1050. The van der Waals surface area contributed by atoms with Crippen LogP contribution >= 0.6 is 0 Å². The molecule has 26 heavy (non-hydrogen) atoms. The predicted octanol–water partition coefficient (Wildman–Crippen LogP) is 3.27. The topological polar surface area (TPSA) is 86.8 Å². The second kappa shape index (κ2) is 6.76. The van der Waals surface area contributed by atoms with Crippen LogP contribution in [0.2, 0.25) is 0 Å². The zero-order chi connectivity index (χ0) is 17.9. The minimum absolute atomic E-state index is 0.462. The standard InChI is InChI=1S/C20H17N5O/c1-26-18-7-5-14(11-23-18)9-13-4-6-17-16(10-13)19(21)25-20(24-17)15-3-2-8-22-12-15/h2-8,10-12H,9H2,1H3,(H2,21,24,25). The molecule has 6 heteroatoms. The lowest BCUT2D eigenvalue weighted by molar-refractivity contribution is 0.397. The summed E-state index contributed by atoms with van der Waals surface area (Å²) >= 11 is 0. The van der Waals surface area contributed by atoms with E-state index in [1.165, 1.54) is 0 Å². The van der Waals surface area contributed by atoms with Crippen LogP contribution in [0.4, 0.5) is 5.82 Å². The number of nitrogens with zero attached hydrogens (tertiary/aromatic N) is 4. The van der Waals surface area contributed by atoms with Gasteiger partial charge in [0.15, 0.2) is 5.82 Å². The van der Waals surface area contributed by atoms with E-state index in [-0.39, 0.29) is 0 Å². The lowest BCUT2D eigenvalue weighted by atomic mass is 10.0. The van der Waals surface area contributed by atoms with E-state index in [9.17, 15) is 0 Å². The molecule has 6 nitrogen and oxygen atoms in total. The molecule has 0 radical (unpaired) electrons. The van der Waals surface area contributed by atoms with Crippen molar-refractivity contribution in [1.29, 1.82) is 0 Å². The summed E-state index contributed by atoms with van der Waals surface area (Å²) in [5, 5.41) is 0.844. The fraction of sp³-hybridized carbons (Fsp3) is 0.100. The molecule has 0 atom stereocenters. The number of benzene rings is 1. The first-order valence-electron chi connectivity index (χ1n) is 8.18. The summed E-state index contributed by atoms with van der Waals surface area (Å²) in [4.78, 5) is 17.4. The number of fused-ring (bicyclic) bond motifs is 1. The van der Waals surface area contributed by atoms with E-state index in [1.54, 1.807) is 19.5 Å². The van der Waals surface area contributed by atoms with Crippen LogP contribution < -0.4 is 10.5 Å². The van der Waals surface area contributed by atoms with Gasteiger partial charge in [0.1, 0.15) is 5.82 Å². The van der Waals surface area contributed by atoms with Crippen LogP contribution in [0.5, 0.6) is 5.88 Å². The number of methoxy groups -OCH3 is 1. The molecule has 0 aliphatic rings. The Balaban J connectivity index is 1.67. The molecule has 4 rings (SSSR count). The Labute approximate surface area is 150 Å². The molecule has 0 amide bonds. The Morgan fingerprint density at radius 1 is 1.00 bits per heavy atom. The van der Waals surface area contributed by atoms with Gasteiger partial charge in [-0.15, -0.1) is 0 Å². The molecule has 4 aromatic rings. The van der Waals surface area contributed by atoms with Crippen molar-refractivity contribution in [2.24, 2.45) is 0 Å². The Morgan fingerprint density at radius 3 is 2.62 bits per heavy atom. The van der Waals surface area contributed by atoms with Gasteiger partial charge >= 0.3 is 0 Å². The van der Waals surface area contributed by atoms with E-state index in [0.29, 0.717) is 17.5 Å². The summed E-state index contributed by atoms with van der Waals surface area (Å²) in [6.07, 6.45) is 6.00. The van der Waals surface area contributed by atoms with Gasteiger partial charge in [-0.3, -0.25) is 4.98 Å². The highest BCUT2D eigenvalue weighted by molar-refractivity contribution is 5.90. The van der Waals surface area contributed by atoms with Crippen LogP contribution in [0.3, 0.4) is 0 Å². The van der Waals surface area contributed by atoms with Crippen LogP contribution in [0.15, 0.2) is 61.1 Å². The van der Waals surface area contributed by atoms with Crippen molar-refractivity contribution in [2.75, 3.05) is 12.8 Å². The van der Waals surface area contributed by atoms with E-state index >= 15 is 0 Å². The van der Waals surface area contributed by atoms with Crippen LogP contribution in [0.25, 0.3) is 22.3 Å².